The van der Waals surface area contributed by atoms with Gasteiger partial charge in [-0.2, -0.15) is 0 Å². The summed E-state index contributed by atoms with van der Waals surface area (Å²) in [6.07, 6.45) is 3.16. The van der Waals surface area contributed by atoms with Gasteiger partial charge in [-0.15, -0.1) is 0 Å². The lowest BCUT2D eigenvalue weighted by molar-refractivity contribution is 0.0973. The van der Waals surface area contributed by atoms with Crippen LogP contribution in [-0.4, -0.2) is 32.7 Å². The molecule has 5 nitrogen and oxygen atoms in total. The highest BCUT2D eigenvalue weighted by Crippen LogP contribution is 2.45. The molecule has 176 valence electrons. The number of aryl methyl sites for hydroxylation is 2. The zero-order valence-corrected chi connectivity index (χ0v) is 20.4. The van der Waals surface area contributed by atoms with Crippen molar-refractivity contribution in [2.45, 2.75) is 45.2 Å². The number of ether oxygens (including phenoxy) is 2. The number of para-hydroxylation sites is 1. The van der Waals surface area contributed by atoms with Crippen molar-refractivity contribution in [2.24, 2.45) is 0 Å². The molecule has 0 saturated heterocycles. The van der Waals surface area contributed by atoms with Gasteiger partial charge in [0, 0.05) is 29.5 Å². The first kappa shape index (κ1) is 22.3. The zero-order valence-electron chi connectivity index (χ0n) is 20.4. The number of methoxy groups -OCH3 is 2. The number of rotatable bonds is 4. The first-order valence-corrected chi connectivity index (χ1v) is 12.0. The van der Waals surface area contributed by atoms with E-state index in [-0.39, 0.29) is 18.0 Å². The second kappa shape index (κ2) is 9.05. The minimum Gasteiger partial charge on any atom is -0.493 e. The Morgan fingerprint density at radius 3 is 2.53 bits per heavy atom. The molecule has 34 heavy (non-hydrogen) atoms. The third kappa shape index (κ3) is 3.79. The van der Waals surface area contributed by atoms with E-state index < -0.39 is 0 Å². The normalized spacial score (nSPS) is 19.3. The van der Waals surface area contributed by atoms with Crippen molar-refractivity contribution in [3.05, 3.63) is 82.9 Å². The fraction of sp³-hybridized carbons (Fsp3) is 0.345. The Hall–Kier alpha value is -3.47. The average Bonchev–Trinajstić information content (AvgIpc) is 2.87. The van der Waals surface area contributed by atoms with Crippen molar-refractivity contribution >= 4 is 17.3 Å². The smallest absolute Gasteiger partial charge is 0.258 e. The second-order valence-electron chi connectivity index (χ2n) is 9.33. The van der Waals surface area contributed by atoms with Gasteiger partial charge in [-0.1, -0.05) is 35.9 Å². The van der Waals surface area contributed by atoms with Crippen molar-refractivity contribution < 1.29 is 14.3 Å². The van der Waals surface area contributed by atoms with Crippen LogP contribution in [0, 0.1) is 6.92 Å². The summed E-state index contributed by atoms with van der Waals surface area (Å²) in [6.45, 7) is 5.35. The molecule has 2 aliphatic rings. The fourth-order valence-corrected chi connectivity index (χ4v) is 5.57. The highest BCUT2D eigenvalue weighted by molar-refractivity contribution is 6.07. The number of anilines is 2. The summed E-state index contributed by atoms with van der Waals surface area (Å²) in [6, 6.07) is 20.9. The van der Waals surface area contributed by atoms with Gasteiger partial charge in [0.25, 0.3) is 5.91 Å². The molecule has 2 atom stereocenters. The van der Waals surface area contributed by atoms with E-state index in [2.05, 4.69) is 55.1 Å². The number of amides is 1. The molecule has 2 heterocycles. The molecule has 2 unspecified atom stereocenters. The number of nitrogens with zero attached hydrogens (tertiary/aromatic N) is 2. The Morgan fingerprint density at radius 2 is 1.74 bits per heavy atom. The van der Waals surface area contributed by atoms with E-state index in [4.69, 9.17) is 9.47 Å². The number of hydrogen-bond acceptors (Lipinski definition) is 4. The summed E-state index contributed by atoms with van der Waals surface area (Å²) in [5.41, 5.74) is 6.87. The van der Waals surface area contributed by atoms with Crippen LogP contribution in [0.4, 0.5) is 11.4 Å². The van der Waals surface area contributed by atoms with Crippen LogP contribution in [0.15, 0.2) is 60.7 Å². The molecule has 3 aromatic rings. The Labute approximate surface area is 201 Å². The first-order chi connectivity index (χ1) is 16.5. The molecular weight excluding hydrogens is 424 g/mol. The molecule has 3 aromatic carbocycles. The van der Waals surface area contributed by atoms with Crippen molar-refractivity contribution in [3.8, 4) is 11.5 Å². The van der Waals surface area contributed by atoms with Gasteiger partial charge in [-0.05, 0) is 74.6 Å². The van der Waals surface area contributed by atoms with E-state index in [1.165, 1.54) is 22.4 Å². The highest BCUT2D eigenvalue weighted by Gasteiger charge is 2.38. The highest BCUT2D eigenvalue weighted by atomic mass is 16.5. The van der Waals surface area contributed by atoms with E-state index in [1.807, 2.05) is 17.0 Å². The number of hydrogen-bond donors (Lipinski definition) is 0. The minimum atomic E-state index is -0.0194. The summed E-state index contributed by atoms with van der Waals surface area (Å²) in [5.74, 6) is 1.16. The molecular formula is C29H32N2O3. The number of benzene rings is 3. The van der Waals surface area contributed by atoms with Crippen LogP contribution in [-0.2, 0) is 6.42 Å². The first-order valence-electron chi connectivity index (χ1n) is 12.0. The summed E-state index contributed by atoms with van der Waals surface area (Å²) in [4.78, 5) is 18.3. The summed E-state index contributed by atoms with van der Waals surface area (Å²) >= 11 is 0. The Bertz CT molecular complexity index is 1220. The zero-order chi connectivity index (χ0) is 23.8. The molecule has 2 aliphatic heterocycles. The van der Waals surface area contributed by atoms with E-state index in [0.29, 0.717) is 17.1 Å². The molecule has 0 N–H and O–H groups in total. The van der Waals surface area contributed by atoms with Gasteiger partial charge in [-0.25, -0.2) is 0 Å². The van der Waals surface area contributed by atoms with Gasteiger partial charge in [0.15, 0.2) is 11.5 Å². The Kier molecular flexibility index (Phi) is 5.94. The Balaban J connectivity index is 1.53. The monoisotopic (exact) mass is 456 g/mol. The second-order valence-corrected chi connectivity index (χ2v) is 9.33. The van der Waals surface area contributed by atoms with Crippen LogP contribution < -0.4 is 19.3 Å². The summed E-state index contributed by atoms with van der Waals surface area (Å²) < 4.78 is 10.8. The van der Waals surface area contributed by atoms with Crippen LogP contribution >= 0.6 is 0 Å². The summed E-state index contributed by atoms with van der Waals surface area (Å²) in [5, 5.41) is 0. The van der Waals surface area contributed by atoms with E-state index in [9.17, 15) is 4.79 Å². The largest absolute Gasteiger partial charge is 0.493 e. The number of fused-ring (bicyclic) bond motifs is 2. The molecule has 0 fully saturated rings. The predicted molar refractivity (Wildman–Crippen MR) is 136 cm³/mol. The van der Waals surface area contributed by atoms with Gasteiger partial charge < -0.3 is 19.3 Å². The van der Waals surface area contributed by atoms with E-state index >= 15 is 0 Å². The van der Waals surface area contributed by atoms with Crippen molar-refractivity contribution in [1.29, 1.82) is 0 Å². The van der Waals surface area contributed by atoms with Crippen LogP contribution in [0.5, 0.6) is 11.5 Å². The van der Waals surface area contributed by atoms with Crippen LogP contribution in [0.25, 0.3) is 0 Å². The van der Waals surface area contributed by atoms with Gasteiger partial charge in [0.2, 0.25) is 0 Å². The van der Waals surface area contributed by atoms with Gasteiger partial charge in [0.05, 0.1) is 20.3 Å². The van der Waals surface area contributed by atoms with E-state index in [0.717, 1.165) is 31.5 Å². The molecule has 5 heteroatoms. The van der Waals surface area contributed by atoms with Crippen molar-refractivity contribution in [2.75, 3.05) is 30.6 Å². The lowest BCUT2D eigenvalue weighted by Crippen LogP contribution is -2.47. The van der Waals surface area contributed by atoms with Crippen molar-refractivity contribution in [1.82, 2.24) is 0 Å². The average molecular weight is 457 g/mol. The quantitative estimate of drug-likeness (QED) is 0.487. The van der Waals surface area contributed by atoms with Crippen LogP contribution in [0.2, 0.25) is 0 Å². The number of carbonyl (C=O) groups is 1. The molecule has 0 bridgehead atoms. The fourth-order valence-electron chi connectivity index (χ4n) is 5.57. The molecule has 5 rings (SSSR count). The van der Waals surface area contributed by atoms with Gasteiger partial charge in [-0.3, -0.25) is 4.79 Å². The molecule has 1 amide bonds. The van der Waals surface area contributed by atoms with Crippen LogP contribution in [0.3, 0.4) is 0 Å². The van der Waals surface area contributed by atoms with E-state index in [1.54, 1.807) is 26.4 Å². The predicted octanol–water partition coefficient (Wildman–Crippen LogP) is 5.95. The molecule has 0 aromatic heterocycles. The van der Waals surface area contributed by atoms with Crippen molar-refractivity contribution in [3.63, 3.8) is 0 Å². The molecule has 0 radical (unpaired) electrons. The lowest BCUT2D eigenvalue weighted by atomic mass is 9.87. The third-order valence-electron chi connectivity index (χ3n) is 7.18. The topological polar surface area (TPSA) is 42.0 Å². The third-order valence-corrected chi connectivity index (χ3v) is 7.18. The molecule has 0 aliphatic carbocycles. The molecule has 0 saturated carbocycles. The maximum Gasteiger partial charge on any atom is 0.258 e. The van der Waals surface area contributed by atoms with Crippen LogP contribution in [0.1, 0.15) is 52.9 Å². The Morgan fingerprint density at radius 1 is 0.941 bits per heavy atom. The summed E-state index contributed by atoms with van der Waals surface area (Å²) in [7, 11) is 3.19. The standard InChI is InChI=1S/C29H32N2O3/c1-19-11-13-24-21(16-19)8-7-15-30(24)26-17-20(2)31(25-10-6-5-9-23(25)26)29(32)22-12-14-27(33-3)28(18-22)34-4/h5-6,9-14,16,18,20,26H,7-8,15,17H2,1-4H3. The lowest BCUT2D eigenvalue weighted by Gasteiger charge is -2.46. The SMILES string of the molecule is COc1ccc(C(=O)N2c3ccccc3C(N3CCCc4cc(C)ccc43)CC2C)cc1OC. The number of carbonyl (C=O) groups excluding carboxylic acids is 1. The maximum atomic E-state index is 13.8. The van der Waals surface area contributed by atoms with Gasteiger partial charge in [0.1, 0.15) is 0 Å². The minimum absolute atomic E-state index is 0.0194. The maximum absolute atomic E-state index is 13.8. The molecule has 0 spiro atoms. The van der Waals surface area contributed by atoms with Gasteiger partial charge >= 0.3 is 0 Å².